The van der Waals surface area contributed by atoms with E-state index in [9.17, 15) is 4.79 Å². The SMILES string of the molecule is O=C(c1ccccc1)n1c(Cc2ccccc2)c(-c2ccccc2)n(Cc2ccccc2)c1=S. The van der Waals surface area contributed by atoms with Gasteiger partial charge in [-0.1, -0.05) is 109 Å². The number of hydrogen-bond acceptors (Lipinski definition) is 2. The molecule has 0 spiro atoms. The Bertz CT molecular complexity index is 1450. The Morgan fingerprint density at radius 3 is 1.74 bits per heavy atom. The van der Waals surface area contributed by atoms with Crippen molar-refractivity contribution in [1.82, 2.24) is 9.13 Å². The van der Waals surface area contributed by atoms with Crippen molar-refractivity contribution in [2.75, 3.05) is 0 Å². The average Bonchev–Trinajstić information content (AvgIpc) is 3.16. The lowest BCUT2D eigenvalue weighted by molar-refractivity contribution is 0.0955. The Balaban J connectivity index is 1.77. The zero-order chi connectivity index (χ0) is 23.3. The lowest BCUT2D eigenvalue weighted by atomic mass is 10.0. The standard InChI is InChI=1S/C30H24N2OS/c33-29(26-19-11-4-12-20-26)32-27(21-23-13-5-1-6-14-23)28(25-17-9-3-10-18-25)31(30(32)34)22-24-15-7-2-8-16-24/h1-20H,21-22H2. The second-order valence-corrected chi connectivity index (χ2v) is 8.55. The Hall–Kier alpha value is -4.02. The van der Waals surface area contributed by atoms with Gasteiger partial charge in [0.25, 0.3) is 5.91 Å². The summed E-state index contributed by atoms with van der Waals surface area (Å²) in [6.45, 7) is 0.584. The molecular formula is C30H24N2OS. The van der Waals surface area contributed by atoms with Crippen molar-refractivity contribution in [2.24, 2.45) is 0 Å². The van der Waals surface area contributed by atoms with Crippen LogP contribution >= 0.6 is 12.2 Å². The first-order valence-corrected chi connectivity index (χ1v) is 11.7. The van der Waals surface area contributed by atoms with Crippen LogP contribution in [0.4, 0.5) is 0 Å². The van der Waals surface area contributed by atoms with Crippen molar-refractivity contribution in [2.45, 2.75) is 13.0 Å². The van der Waals surface area contributed by atoms with Gasteiger partial charge in [-0.05, 0) is 35.5 Å². The summed E-state index contributed by atoms with van der Waals surface area (Å²) in [5.41, 5.74) is 5.78. The molecular weight excluding hydrogens is 436 g/mol. The first kappa shape index (κ1) is 21.8. The first-order valence-electron chi connectivity index (χ1n) is 11.3. The summed E-state index contributed by atoms with van der Waals surface area (Å²) in [4.78, 5) is 13.8. The van der Waals surface area contributed by atoms with E-state index in [1.165, 1.54) is 0 Å². The van der Waals surface area contributed by atoms with Gasteiger partial charge in [0.2, 0.25) is 0 Å². The fraction of sp³-hybridized carbons (Fsp3) is 0.0667. The van der Waals surface area contributed by atoms with E-state index < -0.39 is 0 Å². The van der Waals surface area contributed by atoms with Crippen molar-refractivity contribution in [3.05, 3.63) is 148 Å². The molecule has 1 heterocycles. The number of rotatable bonds is 6. The Labute approximate surface area is 204 Å². The van der Waals surface area contributed by atoms with Crippen LogP contribution in [0.3, 0.4) is 0 Å². The van der Waals surface area contributed by atoms with E-state index in [-0.39, 0.29) is 5.91 Å². The average molecular weight is 461 g/mol. The third kappa shape index (κ3) is 4.41. The van der Waals surface area contributed by atoms with E-state index in [2.05, 4.69) is 41.0 Å². The predicted octanol–water partition coefficient (Wildman–Crippen LogP) is 7.01. The molecule has 0 aliphatic carbocycles. The van der Waals surface area contributed by atoms with Crippen LogP contribution in [0.1, 0.15) is 27.2 Å². The highest BCUT2D eigenvalue weighted by molar-refractivity contribution is 7.71. The second kappa shape index (κ2) is 9.86. The molecule has 0 N–H and O–H groups in total. The predicted molar refractivity (Wildman–Crippen MR) is 140 cm³/mol. The largest absolute Gasteiger partial charge is 0.312 e. The minimum Gasteiger partial charge on any atom is -0.312 e. The molecule has 166 valence electrons. The third-order valence-electron chi connectivity index (χ3n) is 5.90. The number of carbonyl (C=O) groups is 1. The molecule has 0 radical (unpaired) electrons. The number of benzene rings is 4. The number of nitrogens with zero attached hydrogens (tertiary/aromatic N) is 2. The number of hydrogen-bond donors (Lipinski definition) is 0. The topological polar surface area (TPSA) is 26.9 Å². The molecule has 5 aromatic rings. The number of imidazole rings is 1. The van der Waals surface area contributed by atoms with E-state index in [0.717, 1.165) is 28.1 Å². The molecule has 0 aliphatic rings. The van der Waals surface area contributed by atoms with Gasteiger partial charge in [-0.25, -0.2) is 0 Å². The van der Waals surface area contributed by atoms with Gasteiger partial charge in [-0.3, -0.25) is 9.36 Å². The van der Waals surface area contributed by atoms with Crippen LogP contribution in [0.2, 0.25) is 0 Å². The monoisotopic (exact) mass is 460 g/mol. The lowest BCUT2D eigenvalue weighted by Crippen LogP contribution is -2.16. The van der Waals surface area contributed by atoms with Gasteiger partial charge in [0.05, 0.1) is 17.9 Å². The van der Waals surface area contributed by atoms with E-state index in [1.54, 1.807) is 4.57 Å². The van der Waals surface area contributed by atoms with E-state index in [0.29, 0.717) is 23.3 Å². The number of carbonyl (C=O) groups excluding carboxylic acids is 1. The highest BCUT2D eigenvalue weighted by Crippen LogP contribution is 2.30. The maximum atomic E-state index is 13.8. The van der Waals surface area contributed by atoms with Gasteiger partial charge in [-0.2, -0.15) is 0 Å². The summed E-state index contributed by atoms with van der Waals surface area (Å²) in [7, 11) is 0. The van der Waals surface area contributed by atoms with E-state index in [4.69, 9.17) is 12.2 Å². The first-order chi connectivity index (χ1) is 16.7. The summed E-state index contributed by atoms with van der Waals surface area (Å²) < 4.78 is 4.32. The lowest BCUT2D eigenvalue weighted by Gasteiger charge is -2.12. The molecule has 1 aromatic heterocycles. The smallest absolute Gasteiger partial charge is 0.264 e. The maximum Gasteiger partial charge on any atom is 0.264 e. The molecule has 0 atom stereocenters. The van der Waals surface area contributed by atoms with E-state index in [1.807, 2.05) is 84.9 Å². The van der Waals surface area contributed by atoms with Crippen LogP contribution in [0, 0.1) is 4.77 Å². The van der Waals surface area contributed by atoms with Gasteiger partial charge in [-0.15, -0.1) is 0 Å². The molecule has 0 aliphatic heterocycles. The molecule has 0 fully saturated rings. The van der Waals surface area contributed by atoms with Crippen molar-refractivity contribution in [3.63, 3.8) is 0 Å². The zero-order valence-corrected chi connectivity index (χ0v) is 19.5. The quantitative estimate of drug-likeness (QED) is 0.255. The highest BCUT2D eigenvalue weighted by atomic mass is 32.1. The van der Waals surface area contributed by atoms with Crippen molar-refractivity contribution in [3.8, 4) is 11.3 Å². The minimum atomic E-state index is -0.111. The Morgan fingerprint density at radius 2 is 1.15 bits per heavy atom. The molecule has 0 bridgehead atoms. The van der Waals surface area contributed by atoms with Crippen LogP contribution < -0.4 is 0 Å². The zero-order valence-electron chi connectivity index (χ0n) is 18.7. The Morgan fingerprint density at radius 1 is 0.647 bits per heavy atom. The summed E-state index contributed by atoms with van der Waals surface area (Å²) >= 11 is 6.00. The highest BCUT2D eigenvalue weighted by Gasteiger charge is 2.24. The molecule has 0 saturated carbocycles. The van der Waals surface area contributed by atoms with Crippen LogP contribution in [-0.2, 0) is 13.0 Å². The van der Waals surface area contributed by atoms with Gasteiger partial charge >= 0.3 is 0 Å². The van der Waals surface area contributed by atoms with Crippen LogP contribution in [-0.4, -0.2) is 15.0 Å². The van der Waals surface area contributed by atoms with Crippen molar-refractivity contribution < 1.29 is 4.79 Å². The van der Waals surface area contributed by atoms with Gasteiger partial charge in [0.15, 0.2) is 4.77 Å². The Kier molecular flexibility index (Phi) is 6.32. The van der Waals surface area contributed by atoms with Crippen LogP contribution in [0.15, 0.2) is 121 Å². The molecule has 4 aromatic carbocycles. The van der Waals surface area contributed by atoms with Crippen LogP contribution in [0.5, 0.6) is 0 Å². The normalized spacial score (nSPS) is 10.8. The van der Waals surface area contributed by atoms with Gasteiger partial charge in [0.1, 0.15) is 0 Å². The molecule has 0 amide bonds. The number of aromatic nitrogens is 2. The van der Waals surface area contributed by atoms with Crippen molar-refractivity contribution in [1.29, 1.82) is 0 Å². The molecule has 4 heteroatoms. The second-order valence-electron chi connectivity index (χ2n) is 8.18. The molecule has 3 nitrogen and oxygen atoms in total. The van der Waals surface area contributed by atoms with Gasteiger partial charge < -0.3 is 4.57 Å². The summed E-state index contributed by atoms with van der Waals surface area (Å²) in [6, 6.07) is 40.0. The van der Waals surface area contributed by atoms with E-state index >= 15 is 0 Å². The van der Waals surface area contributed by atoms with Crippen LogP contribution in [0.25, 0.3) is 11.3 Å². The molecule has 5 rings (SSSR count). The molecule has 34 heavy (non-hydrogen) atoms. The maximum absolute atomic E-state index is 13.8. The summed E-state index contributed by atoms with van der Waals surface area (Å²) in [5, 5.41) is 0. The fourth-order valence-electron chi connectivity index (χ4n) is 4.30. The molecule has 0 saturated heterocycles. The minimum absolute atomic E-state index is 0.111. The van der Waals surface area contributed by atoms with Crippen molar-refractivity contribution >= 4 is 18.1 Å². The summed E-state index contributed by atoms with van der Waals surface area (Å²) in [5.74, 6) is -0.111. The molecule has 0 unspecified atom stereocenters. The summed E-state index contributed by atoms with van der Waals surface area (Å²) in [6.07, 6.45) is 0.592. The van der Waals surface area contributed by atoms with Gasteiger partial charge in [0, 0.05) is 17.5 Å². The fourth-order valence-corrected chi connectivity index (χ4v) is 4.64. The third-order valence-corrected chi connectivity index (χ3v) is 6.31.